The Kier molecular flexibility index (Phi) is 4.36. The molecule has 92 valence electrons. The number of carbonyl (C=O) groups is 1. The second-order valence-corrected chi connectivity index (χ2v) is 3.12. The highest BCUT2D eigenvalue weighted by Gasteiger charge is 2.09. The van der Waals surface area contributed by atoms with Crippen LogP contribution in [0.1, 0.15) is 5.56 Å². The molecular formula is C11H14N2O4. The lowest BCUT2D eigenvalue weighted by Gasteiger charge is -2.09. The third-order valence-electron chi connectivity index (χ3n) is 2.07. The molecule has 6 heteroatoms. The molecule has 0 radical (unpaired) electrons. The molecule has 1 aromatic carbocycles. The third-order valence-corrected chi connectivity index (χ3v) is 2.07. The van der Waals surface area contributed by atoms with Crippen molar-refractivity contribution in [1.82, 2.24) is 5.43 Å². The molecule has 0 saturated heterocycles. The van der Waals surface area contributed by atoms with Crippen molar-refractivity contribution < 1.29 is 19.4 Å². The van der Waals surface area contributed by atoms with E-state index in [1.54, 1.807) is 12.1 Å². The van der Waals surface area contributed by atoms with E-state index in [9.17, 15) is 9.90 Å². The Morgan fingerprint density at radius 1 is 1.35 bits per heavy atom. The predicted molar refractivity (Wildman–Crippen MR) is 62.6 cm³/mol. The molecule has 0 aliphatic heterocycles. The summed E-state index contributed by atoms with van der Waals surface area (Å²) in [4.78, 5) is 10.9. The van der Waals surface area contributed by atoms with Crippen LogP contribution in [0.5, 0.6) is 17.2 Å². The van der Waals surface area contributed by atoms with E-state index in [0.717, 1.165) is 0 Å². The summed E-state index contributed by atoms with van der Waals surface area (Å²) in [5.41, 5.74) is 2.61. The smallest absolute Gasteiger partial charge is 0.257 e. The van der Waals surface area contributed by atoms with Crippen molar-refractivity contribution in [3.05, 3.63) is 23.8 Å². The van der Waals surface area contributed by atoms with Crippen molar-refractivity contribution in [3.8, 4) is 17.2 Å². The molecule has 4 N–H and O–H groups in total. The van der Waals surface area contributed by atoms with Gasteiger partial charge in [-0.3, -0.25) is 10.2 Å². The Morgan fingerprint density at radius 3 is 2.29 bits per heavy atom. The topological polar surface area (TPSA) is 93.8 Å². The second kappa shape index (κ2) is 5.76. The van der Waals surface area contributed by atoms with Crippen LogP contribution in [-0.4, -0.2) is 25.2 Å². The number of hydrogen-bond donors (Lipinski definition) is 3. The van der Waals surface area contributed by atoms with E-state index in [1.807, 2.05) is 5.43 Å². The number of amides is 1. The molecule has 0 aliphatic rings. The number of aromatic hydroxyl groups is 1. The Balaban J connectivity index is 3.09. The SMILES string of the molecule is COc1cc(/C=C/C(=O)NN)cc(OC)c1O. The van der Waals surface area contributed by atoms with Crippen LogP contribution in [0.25, 0.3) is 6.08 Å². The zero-order valence-electron chi connectivity index (χ0n) is 9.56. The first-order valence-electron chi connectivity index (χ1n) is 4.76. The molecule has 0 atom stereocenters. The van der Waals surface area contributed by atoms with Gasteiger partial charge in [-0.1, -0.05) is 0 Å². The van der Waals surface area contributed by atoms with Crippen molar-refractivity contribution in [2.75, 3.05) is 14.2 Å². The summed E-state index contributed by atoms with van der Waals surface area (Å²) in [6.45, 7) is 0. The zero-order valence-corrected chi connectivity index (χ0v) is 9.56. The fourth-order valence-electron chi connectivity index (χ4n) is 1.23. The van der Waals surface area contributed by atoms with E-state index in [4.69, 9.17) is 15.3 Å². The summed E-state index contributed by atoms with van der Waals surface area (Å²) < 4.78 is 9.94. The maximum Gasteiger partial charge on any atom is 0.257 e. The summed E-state index contributed by atoms with van der Waals surface area (Å²) in [6, 6.07) is 3.14. The van der Waals surface area contributed by atoms with E-state index < -0.39 is 5.91 Å². The summed E-state index contributed by atoms with van der Waals surface area (Å²) in [5, 5.41) is 9.66. The van der Waals surface area contributed by atoms with Gasteiger partial charge in [0.05, 0.1) is 14.2 Å². The van der Waals surface area contributed by atoms with Gasteiger partial charge >= 0.3 is 0 Å². The number of benzene rings is 1. The number of nitrogens with one attached hydrogen (secondary N) is 1. The number of hydrogen-bond acceptors (Lipinski definition) is 5. The van der Waals surface area contributed by atoms with Gasteiger partial charge in [0, 0.05) is 6.08 Å². The van der Waals surface area contributed by atoms with Crippen LogP contribution in [0, 0.1) is 0 Å². The van der Waals surface area contributed by atoms with Crippen molar-refractivity contribution >= 4 is 12.0 Å². The Bertz CT molecular complexity index is 418. The van der Waals surface area contributed by atoms with Crippen LogP contribution in [0.4, 0.5) is 0 Å². The molecule has 0 unspecified atom stereocenters. The molecule has 0 bridgehead atoms. The van der Waals surface area contributed by atoms with Crippen LogP contribution in [0.15, 0.2) is 18.2 Å². The Morgan fingerprint density at radius 2 is 1.88 bits per heavy atom. The zero-order chi connectivity index (χ0) is 12.8. The molecule has 0 heterocycles. The van der Waals surface area contributed by atoms with Crippen LogP contribution in [0.2, 0.25) is 0 Å². The molecule has 1 rings (SSSR count). The minimum atomic E-state index is -0.434. The van der Waals surface area contributed by atoms with E-state index >= 15 is 0 Å². The summed E-state index contributed by atoms with van der Waals surface area (Å²) in [6.07, 6.45) is 2.78. The first-order chi connectivity index (χ1) is 8.12. The second-order valence-electron chi connectivity index (χ2n) is 3.12. The number of nitrogens with two attached hydrogens (primary N) is 1. The summed E-state index contributed by atoms with van der Waals surface area (Å²) >= 11 is 0. The van der Waals surface area contributed by atoms with Crippen LogP contribution < -0.4 is 20.7 Å². The minimum Gasteiger partial charge on any atom is -0.502 e. The first-order valence-corrected chi connectivity index (χ1v) is 4.76. The van der Waals surface area contributed by atoms with Gasteiger partial charge in [-0.25, -0.2) is 5.84 Å². The molecule has 0 spiro atoms. The highest BCUT2D eigenvalue weighted by molar-refractivity contribution is 5.91. The molecule has 0 saturated carbocycles. The standard InChI is InChI=1S/C11H14N2O4/c1-16-8-5-7(3-4-10(14)13-12)6-9(17-2)11(8)15/h3-6,15H,12H2,1-2H3,(H,13,14)/b4-3+. The van der Waals surface area contributed by atoms with Gasteiger partial charge in [0.1, 0.15) is 0 Å². The van der Waals surface area contributed by atoms with Gasteiger partial charge in [0.2, 0.25) is 5.75 Å². The largest absolute Gasteiger partial charge is 0.502 e. The number of carbonyl (C=O) groups excluding carboxylic acids is 1. The summed E-state index contributed by atoms with van der Waals surface area (Å²) in [5.74, 6) is 4.93. The fourth-order valence-corrected chi connectivity index (χ4v) is 1.23. The number of methoxy groups -OCH3 is 2. The van der Waals surface area contributed by atoms with Crippen LogP contribution >= 0.6 is 0 Å². The van der Waals surface area contributed by atoms with Crippen molar-refractivity contribution in [2.45, 2.75) is 0 Å². The summed E-state index contributed by atoms with van der Waals surface area (Å²) in [7, 11) is 2.85. The van der Waals surface area contributed by atoms with Gasteiger partial charge in [0.15, 0.2) is 11.5 Å². The molecule has 1 amide bonds. The molecule has 0 aromatic heterocycles. The average Bonchev–Trinajstić information content (AvgIpc) is 2.36. The van der Waals surface area contributed by atoms with Gasteiger partial charge in [-0.2, -0.15) is 0 Å². The van der Waals surface area contributed by atoms with Crippen LogP contribution in [-0.2, 0) is 4.79 Å². The lowest BCUT2D eigenvalue weighted by Crippen LogP contribution is -2.27. The predicted octanol–water partition coefficient (Wildman–Crippen LogP) is 0.412. The van der Waals surface area contributed by atoms with Gasteiger partial charge < -0.3 is 14.6 Å². The quantitative estimate of drug-likeness (QED) is 0.306. The number of hydrazine groups is 1. The maximum absolute atomic E-state index is 10.9. The minimum absolute atomic E-state index is 0.0876. The lowest BCUT2D eigenvalue weighted by molar-refractivity contribution is -0.116. The van der Waals surface area contributed by atoms with Crippen molar-refractivity contribution in [3.63, 3.8) is 0 Å². The Hall–Kier alpha value is -2.21. The number of phenolic OH excluding ortho intramolecular Hbond substituents is 1. The maximum atomic E-state index is 10.9. The van der Waals surface area contributed by atoms with E-state index in [-0.39, 0.29) is 17.2 Å². The van der Waals surface area contributed by atoms with Crippen LogP contribution in [0.3, 0.4) is 0 Å². The highest BCUT2D eigenvalue weighted by Crippen LogP contribution is 2.37. The molecule has 1 aromatic rings. The fraction of sp³-hybridized carbons (Fsp3) is 0.182. The number of rotatable bonds is 4. The number of ether oxygens (including phenoxy) is 2. The normalized spacial score (nSPS) is 10.3. The molecule has 6 nitrogen and oxygen atoms in total. The lowest BCUT2D eigenvalue weighted by atomic mass is 10.1. The Labute approximate surface area is 98.6 Å². The third kappa shape index (κ3) is 3.12. The van der Waals surface area contributed by atoms with E-state index in [1.165, 1.54) is 26.4 Å². The highest BCUT2D eigenvalue weighted by atomic mass is 16.5. The molecular weight excluding hydrogens is 224 g/mol. The molecule has 17 heavy (non-hydrogen) atoms. The van der Waals surface area contributed by atoms with Crippen molar-refractivity contribution in [1.29, 1.82) is 0 Å². The van der Waals surface area contributed by atoms with Gasteiger partial charge in [0.25, 0.3) is 5.91 Å². The van der Waals surface area contributed by atoms with Crippen molar-refractivity contribution in [2.24, 2.45) is 5.84 Å². The molecule has 0 fully saturated rings. The van der Waals surface area contributed by atoms with E-state index in [0.29, 0.717) is 5.56 Å². The number of phenols is 1. The first kappa shape index (κ1) is 12.9. The monoisotopic (exact) mass is 238 g/mol. The average molecular weight is 238 g/mol. The van der Waals surface area contributed by atoms with Gasteiger partial charge in [-0.15, -0.1) is 0 Å². The molecule has 0 aliphatic carbocycles. The van der Waals surface area contributed by atoms with E-state index in [2.05, 4.69) is 0 Å². The van der Waals surface area contributed by atoms with Gasteiger partial charge in [-0.05, 0) is 23.8 Å².